The van der Waals surface area contributed by atoms with Crippen molar-refractivity contribution in [2.24, 2.45) is 5.84 Å². The van der Waals surface area contributed by atoms with E-state index in [9.17, 15) is 4.79 Å². The number of nitrogens with one attached hydrogen (secondary N) is 1. The fourth-order valence-corrected chi connectivity index (χ4v) is 1.03. The van der Waals surface area contributed by atoms with Gasteiger partial charge in [0.1, 0.15) is 0 Å². The molecule has 1 rings (SSSR count). The summed E-state index contributed by atoms with van der Waals surface area (Å²) in [6.45, 7) is 0. The number of anilines is 1. The van der Waals surface area contributed by atoms with Gasteiger partial charge in [0.05, 0.1) is 11.3 Å². The number of nitrogen functional groups attached to an aromatic ring is 1. The third kappa shape index (κ3) is 1.87. The minimum absolute atomic E-state index is 0.107. The second kappa shape index (κ2) is 3.42. The molecule has 0 bridgehead atoms. The molecule has 0 fully saturated rings. The summed E-state index contributed by atoms with van der Waals surface area (Å²) in [6.07, 6.45) is 0. The molecule has 0 spiro atoms. The Hall–Kier alpha value is -1.26. The maximum Gasteiger partial charge on any atom is 0.335 e. The average Bonchev–Trinajstić information content (AvgIpc) is 2.03. The van der Waals surface area contributed by atoms with E-state index in [4.69, 9.17) is 22.6 Å². The topological polar surface area (TPSA) is 75.3 Å². The zero-order chi connectivity index (χ0) is 9.14. The Kier molecular flexibility index (Phi) is 2.52. The van der Waals surface area contributed by atoms with Gasteiger partial charge in [0.25, 0.3) is 0 Å². The molecular formula is C7H7ClN2O2. The van der Waals surface area contributed by atoms with Gasteiger partial charge in [-0.3, -0.25) is 5.84 Å². The Balaban J connectivity index is 3.15. The van der Waals surface area contributed by atoms with Crippen LogP contribution in [0.1, 0.15) is 10.4 Å². The summed E-state index contributed by atoms with van der Waals surface area (Å²) < 4.78 is 0. The largest absolute Gasteiger partial charge is 0.478 e. The highest BCUT2D eigenvalue weighted by Gasteiger charge is 2.04. The molecule has 0 aliphatic rings. The lowest BCUT2D eigenvalue weighted by Gasteiger charge is -2.01. The quantitative estimate of drug-likeness (QED) is 0.481. The molecule has 64 valence electrons. The van der Waals surface area contributed by atoms with Crippen molar-refractivity contribution in [3.05, 3.63) is 28.8 Å². The van der Waals surface area contributed by atoms with Gasteiger partial charge in [-0.1, -0.05) is 11.6 Å². The lowest BCUT2D eigenvalue weighted by atomic mass is 10.2. The SMILES string of the molecule is NNc1cc(Cl)cc(C(=O)O)c1. The zero-order valence-electron chi connectivity index (χ0n) is 6.04. The van der Waals surface area contributed by atoms with E-state index in [-0.39, 0.29) is 5.56 Å². The molecule has 12 heavy (non-hydrogen) atoms. The van der Waals surface area contributed by atoms with Gasteiger partial charge in [0.15, 0.2) is 0 Å². The summed E-state index contributed by atoms with van der Waals surface area (Å²) in [7, 11) is 0. The van der Waals surface area contributed by atoms with Crippen LogP contribution in [0.5, 0.6) is 0 Å². The smallest absolute Gasteiger partial charge is 0.335 e. The molecule has 0 heterocycles. The predicted octanol–water partition coefficient (Wildman–Crippen LogP) is 1.32. The fraction of sp³-hybridized carbons (Fsp3) is 0. The van der Waals surface area contributed by atoms with Crippen LogP contribution in [0.25, 0.3) is 0 Å². The van der Waals surface area contributed by atoms with Crippen molar-refractivity contribution in [2.75, 3.05) is 5.43 Å². The Labute approximate surface area is 73.9 Å². The van der Waals surface area contributed by atoms with E-state index in [1.807, 2.05) is 0 Å². The molecule has 0 aromatic heterocycles. The Morgan fingerprint density at radius 3 is 2.67 bits per heavy atom. The summed E-state index contributed by atoms with van der Waals surface area (Å²) in [6, 6.07) is 4.28. The van der Waals surface area contributed by atoms with Crippen LogP contribution in [0.4, 0.5) is 5.69 Å². The van der Waals surface area contributed by atoms with Crippen LogP contribution in [0.2, 0.25) is 5.02 Å². The first kappa shape index (κ1) is 8.83. The normalized spacial score (nSPS) is 9.50. The third-order valence-electron chi connectivity index (χ3n) is 1.31. The number of hydrogen-bond donors (Lipinski definition) is 3. The summed E-state index contributed by atoms with van der Waals surface area (Å²) in [5.41, 5.74) is 2.89. The van der Waals surface area contributed by atoms with Crippen molar-refractivity contribution in [1.29, 1.82) is 0 Å². The van der Waals surface area contributed by atoms with E-state index >= 15 is 0 Å². The van der Waals surface area contributed by atoms with E-state index in [1.54, 1.807) is 0 Å². The van der Waals surface area contributed by atoms with Crippen molar-refractivity contribution in [3.8, 4) is 0 Å². The molecule has 0 unspecified atom stereocenters. The van der Waals surface area contributed by atoms with E-state index < -0.39 is 5.97 Å². The molecule has 0 saturated heterocycles. The number of benzene rings is 1. The maximum atomic E-state index is 10.5. The molecule has 0 aliphatic heterocycles. The Bertz CT molecular complexity index is 314. The number of nitrogens with two attached hydrogens (primary N) is 1. The van der Waals surface area contributed by atoms with Crippen LogP contribution in [0.15, 0.2) is 18.2 Å². The second-order valence-corrected chi connectivity index (χ2v) is 2.61. The van der Waals surface area contributed by atoms with E-state index in [0.29, 0.717) is 10.7 Å². The molecule has 4 N–H and O–H groups in total. The fourth-order valence-electron chi connectivity index (χ4n) is 0.796. The number of hydrazine groups is 1. The van der Waals surface area contributed by atoms with Crippen molar-refractivity contribution in [1.82, 2.24) is 0 Å². The highest BCUT2D eigenvalue weighted by Crippen LogP contribution is 2.17. The summed E-state index contributed by atoms with van der Waals surface area (Å²) >= 11 is 5.61. The van der Waals surface area contributed by atoms with Crippen LogP contribution >= 0.6 is 11.6 Å². The minimum atomic E-state index is -1.03. The summed E-state index contributed by atoms with van der Waals surface area (Å²) in [5, 5.41) is 8.94. The second-order valence-electron chi connectivity index (χ2n) is 2.18. The maximum absolute atomic E-state index is 10.5. The number of halogens is 1. The Morgan fingerprint density at radius 2 is 2.17 bits per heavy atom. The van der Waals surface area contributed by atoms with Gasteiger partial charge in [0.2, 0.25) is 0 Å². The number of rotatable bonds is 2. The van der Waals surface area contributed by atoms with Gasteiger partial charge < -0.3 is 10.5 Å². The van der Waals surface area contributed by atoms with Gasteiger partial charge in [-0.05, 0) is 18.2 Å². The number of carbonyl (C=O) groups is 1. The van der Waals surface area contributed by atoms with E-state index in [0.717, 1.165) is 0 Å². The molecule has 0 amide bonds. The van der Waals surface area contributed by atoms with Gasteiger partial charge >= 0.3 is 5.97 Å². The molecule has 0 saturated carbocycles. The van der Waals surface area contributed by atoms with Crippen molar-refractivity contribution < 1.29 is 9.90 Å². The highest BCUT2D eigenvalue weighted by atomic mass is 35.5. The van der Waals surface area contributed by atoms with Gasteiger partial charge in [0, 0.05) is 5.02 Å². The van der Waals surface area contributed by atoms with Gasteiger partial charge in [-0.2, -0.15) is 0 Å². The highest BCUT2D eigenvalue weighted by molar-refractivity contribution is 6.31. The molecule has 4 nitrogen and oxygen atoms in total. The molecule has 0 aliphatic carbocycles. The van der Waals surface area contributed by atoms with Crippen LogP contribution < -0.4 is 11.3 Å². The predicted molar refractivity (Wildman–Crippen MR) is 46.2 cm³/mol. The molecule has 1 aromatic rings. The van der Waals surface area contributed by atoms with Crippen LogP contribution in [0, 0.1) is 0 Å². The van der Waals surface area contributed by atoms with Gasteiger partial charge in [-0.15, -0.1) is 0 Å². The monoisotopic (exact) mass is 186 g/mol. The molecular weight excluding hydrogens is 180 g/mol. The lowest BCUT2D eigenvalue weighted by Crippen LogP contribution is -2.07. The van der Waals surface area contributed by atoms with E-state index in [2.05, 4.69) is 5.43 Å². The molecule has 0 radical (unpaired) electrons. The number of hydrogen-bond acceptors (Lipinski definition) is 3. The summed E-state index contributed by atoms with van der Waals surface area (Å²) in [4.78, 5) is 10.5. The van der Waals surface area contributed by atoms with Crippen molar-refractivity contribution in [3.63, 3.8) is 0 Å². The van der Waals surface area contributed by atoms with Crippen molar-refractivity contribution in [2.45, 2.75) is 0 Å². The van der Waals surface area contributed by atoms with Crippen molar-refractivity contribution >= 4 is 23.3 Å². The Morgan fingerprint density at radius 1 is 1.50 bits per heavy atom. The first-order chi connectivity index (χ1) is 5.63. The molecule has 0 atom stereocenters. The first-order valence-electron chi connectivity index (χ1n) is 3.14. The number of aromatic carboxylic acids is 1. The summed E-state index contributed by atoms with van der Waals surface area (Å²) in [5.74, 6) is 4.05. The molecule has 5 heteroatoms. The first-order valence-corrected chi connectivity index (χ1v) is 3.52. The molecule has 1 aromatic carbocycles. The standard InChI is InChI=1S/C7H7ClN2O2/c8-5-1-4(7(11)12)2-6(3-5)10-9/h1-3,10H,9H2,(H,11,12). The van der Waals surface area contributed by atoms with Crippen LogP contribution in [0.3, 0.4) is 0 Å². The van der Waals surface area contributed by atoms with Crippen LogP contribution in [-0.2, 0) is 0 Å². The zero-order valence-corrected chi connectivity index (χ0v) is 6.80. The third-order valence-corrected chi connectivity index (χ3v) is 1.53. The van der Waals surface area contributed by atoms with Gasteiger partial charge in [-0.25, -0.2) is 4.79 Å². The average molecular weight is 187 g/mol. The number of carboxylic acid groups (broad SMARTS) is 1. The van der Waals surface area contributed by atoms with E-state index in [1.165, 1.54) is 18.2 Å². The van der Waals surface area contributed by atoms with Crippen LogP contribution in [-0.4, -0.2) is 11.1 Å². The minimum Gasteiger partial charge on any atom is -0.478 e. The number of carboxylic acids is 1. The lowest BCUT2D eigenvalue weighted by molar-refractivity contribution is 0.0697.